The second kappa shape index (κ2) is 8.20. The van der Waals surface area contributed by atoms with Crippen molar-refractivity contribution >= 4 is 16.7 Å². The van der Waals surface area contributed by atoms with E-state index in [0.29, 0.717) is 18.8 Å². The van der Waals surface area contributed by atoms with Crippen LogP contribution in [0.25, 0.3) is 21.9 Å². The number of amides is 1. The first-order valence-corrected chi connectivity index (χ1v) is 10.8. The number of aromatic nitrogens is 2. The summed E-state index contributed by atoms with van der Waals surface area (Å²) in [6.45, 7) is 3.50. The number of rotatable bonds is 4. The van der Waals surface area contributed by atoms with Crippen molar-refractivity contribution in [2.75, 3.05) is 26.3 Å². The number of fused-ring (bicyclic) bond motifs is 1. The van der Waals surface area contributed by atoms with Crippen molar-refractivity contribution in [2.45, 2.75) is 31.3 Å². The van der Waals surface area contributed by atoms with E-state index in [0.717, 1.165) is 35.0 Å². The molecule has 2 aliphatic heterocycles. The lowest BCUT2D eigenvalue weighted by Gasteiger charge is -2.34. The highest BCUT2D eigenvalue weighted by Crippen LogP contribution is 2.29. The third-order valence-corrected chi connectivity index (χ3v) is 6.39. The molecule has 3 aromatic rings. The zero-order valence-electron chi connectivity index (χ0n) is 17.4. The first-order chi connectivity index (χ1) is 14.7. The molecule has 6 nitrogen and oxygen atoms in total. The van der Waals surface area contributed by atoms with Crippen LogP contribution in [0.1, 0.15) is 29.6 Å². The molecule has 6 heteroatoms. The lowest BCUT2D eigenvalue weighted by molar-refractivity contribution is 0.0900. The number of nitrogens with zero attached hydrogens (tertiary/aromatic N) is 3. The Morgan fingerprint density at radius 3 is 2.80 bits per heavy atom. The molecule has 1 amide bonds. The standard InChI is InChI=1S/C24H28N4O2/c1-27-14-19(13-25-27)20-7-5-6-17-12-18(8-9-21(17)20)24(29)26-22-15-30-16-23(22)28-10-3-2-4-11-28/h5-9,12-14,22-23H,2-4,10-11,15-16H2,1H3,(H,26,29)/t22-,23-/m0/s1. The highest BCUT2D eigenvalue weighted by molar-refractivity contribution is 6.02. The fraction of sp³-hybridized carbons (Fsp3) is 0.417. The first kappa shape index (κ1) is 19.3. The molecule has 0 saturated carbocycles. The number of carbonyl (C=O) groups excluding carboxylic acids is 1. The number of aryl methyl sites for hydroxylation is 1. The molecule has 0 unspecified atom stereocenters. The number of piperidine rings is 1. The van der Waals surface area contributed by atoms with Crippen molar-refractivity contribution in [3.8, 4) is 11.1 Å². The van der Waals surface area contributed by atoms with Crippen LogP contribution in [0, 0.1) is 0 Å². The predicted octanol–water partition coefficient (Wildman–Crippen LogP) is 3.22. The number of nitrogens with one attached hydrogen (secondary N) is 1. The molecule has 5 rings (SSSR count). The van der Waals surface area contributed by atoms with Crippen LogP contribution in [0.2, 0.25) is 0 Å². The van der Waals surface area contributed by atoms with Gasteiger partial charge < -0.3 is 10.1 Å². The van der Waals surface area contributed by atoms with Gasteiger partial charge in [0.15, 0.2) is 0 Å². The Bertz CT molecular complexity index is 1050. The van der Waals surface area contributed by atoms with Crippen molar-refractivity contribution in [2.24, 2.45) is 7.05 Å². The number of hydrogen-bond donors (Lipinski definition) is 1. The molecule has 1 aromatic heterocycles. The van der Waals surface area contributed by atoms with E-state index in [4.69, 9.17) is 4.74 Å². The van der Waals surface area contributed by atoms with Gasteiger partial charge in [-0.05, 0) is 54.4 Å². The highest BCUT2D eigenvalue weighted by Gasteiger charge is 2.34. The summed E-state index contributed by atoms with van der Waals surface area (Å²) < 4.78 is 7.54. The molecule has 2 saturated heterocycles. The lowest BCUT2D eigenvalue weighted by Crippen LogP contribution is -2.52. The third-order valence-electron chi connectivity index (χ3n) is 6.39. The highest BCUT2D eigenvalue weighted by atomic mass is 16.5. The molecule has 2 atom stereocenters. The normalized spacial score (nSPS) is 22.4. The predicted molar refractivity (Wildman–Crippen MR) is 117 cm³/mol. The van der Waals surface area contributed by atoms with E-state index in [-0.39, 0.29) is 18.0 Å². The number of benzene rings is 2. The number of ether oxygens (including phenoxy) is 1. The Labute approximate surface area is 176 Å². The monoisotopic (exact) mass is 404 g/mol. The van der Waals surface area contributed by atoms with Crippen molar-refractivity contribution < 1.29 is 9.53 Å². The molecular weight excluding hydrogens is 376 g/mol. The maximum atomic E-state index is 13.0. The number of likely N-dealkylation sites (tertiary alicyclic amines) is 1. The zero-order valence-corrected chi connectivity index (χ0v) is 17.4. The Hall–Kier alpha value is -2.70. The van der Waals surface area contributed by atoms with E-state index < -0.39 is 0 Å². The Morgan fingerprint density at radius 2 is 2.00 bits per heavy atom. The van der Waals surface area contributed by atoms with Gasteiger partial charge in [-0.15, -0.1) is 0 Å². The van der Waals surface area contributed by atoms with Gasteiger partial charge in [0.1, 0.15) is 0 Å². The molecule has 0 radical (unpaired) electrons. The molecule has 156 valence electrons. The van der Waals surface area contributed by atoms with Gasteiger partial charge in [0.2, 0.25) is 0 Å². The zero-order chi connectivity index (χ0) is 20.5. The maximum absolute atomic E-state index is 13.0. The maximum Gasteiger partial charge on any atom is 0.251 e. The second-order valence-electron chi connectivity index (χ2n) is 8.43. The van der Waals surface area contributed by atoms with Crippen molar-refractivity contribution in [3.63, 3.8) is 0 Å². The van der Waals surface area contributed by atoms with Crippen molar-refractivity contribution in [1.82, 2.24) is 20.0 Å². The van der Waals surface area contributed by atoms with Crippen LogP contribution < -0.4 is 5.32 Å². The minimum Gasteiger partial charge on any atom is -0.378 e. The summed E-state index contributed by atoms with van der Waals surface area (Å²) in [5.41, 5.74) is 2.89. The van der Waals surface area contributed by atoms with Crippen molar-refractivity contribution in [1.29, 1.82) is 0 Å². The summed E-state index contributed by atoms with van der Waals surface area (Å²) >= 11 is 0. The van der Waals surface area contributed by atoms with Crippen LogP contribution in [0.3, 0.4) is 0 Å². The smallest absolute Gasteiger partial charge is 0.251 e. The van der Waals surface area contributed by atoms with Gasteiger partial charge in [0.25, 0.3) is 5.91 Å². The molecular formula is C24H28N4O2. The summed E-state index contributed by atoms with van der Waals surface area (Å²) in [5, 5.41) is 9.70. The molecule has 3 heterocycles. The van der Waals surface area contributed by atoms with E-state index in [9.17, 15) is 4.79 Å². The minimum absolute atomic E-state index is 0.0267. The first-order valence-electron chi connectivity index (χ1n) is 10.8. The van der Waals surface area contributed by atoms with Crippen LogP contribution >= 0.6 is 0 Å². The molecule has 30 heavy (non-hydrogen) atoms. The largest absolute Gasteiger partial charge is 0.378 e. The third kappa shape index (κ3) is 3.73. The summed E-state index contributed by atoms with van der Waals surface area (Å²) in [4.78, 5) is 15.5. The average molecular weight is 405 g/mol. The quantitative estimate of drug-likeness (QED) is 0.725. The molecule has 2 fully saturated rings. The van der Waals surface area contributed by atoms with Crippen molar-refractivity contribution in [3.05, 3.63) is 54.4 Å². The Morgan fingerprint density at radius 1 is 1.13 bits per heavy atom. The minimum atomic E-state index is -0.0267. The SMILES string of the molecule is Cn1cc(-c2cccc3cc(C(=O)N[C@H]4COC[C@@H]4N4CCCCC4)ccc23)cn1. The summed E-state index contributed by atoms with van der Waals surface area (Å²) in [7, 11) is 1.92. The van der Waals surface area contributed by atoms with Crippen LogP contribution in [0.5, 0.6) is 0 Å². The molecule has 1 N–H and O–H groups in total. The van der Waals surface area contributed by atoms with Gasteiger partial charge >= 0.3 is 0 Å². The van der Waals surface area contributed by atoms with Gasteiger partial charge in [-0.1, -0.05) is 30.7 Å². The Kier molecular flexibility index (Phi) is 5.27. The van der Waals surface area contributed by atoms with E-state index in [1.165, 1.54) is 19.3 Å². The fourth-order valence-corrected chi connectivity index (χ4v) is 4.78. The fourth-order valence-electron chi connectivity index (χ4n) is 4.78. The average Bonchev–Trinajstić information content (AvgIpc) is 3.42. The summed E-state index contributed by atoms with van der Waals surface area (Å²) in [6.07, 6.45) is 7.66. The summed E-state index contributed by atoms with van der Waals surface area (Å²) in [6, 6.07) is 12.5. The number of carbonyl (C=O) groups is 1. The van der Waals surface area contributed by atoms with Gasteiger partial charge in [-0.2, -0.15) is 5.10 Å². The van der Waals surface area contributed by atoms with Gasteiger partial charge in [0.05, 0.1) is 31.5 Å². The van der Waals surface area contributed by atoms with Crippen LogP contribution in [-0.4, -0.2) is 59.0 Å². The molecule has 0 bridgehead atoms. The van der Waals surface area contributed by atoms with Gasteiger partial charge in [-0.3, -0.25) is 14.4 Å². The van der Waals surface area contributed by atoms with Gasteiger partial charge in [-0.25, -0.2) is 0 Å². The molecule has 2 aromatic carbocycles. The summed E-state index contributed by atoms with van der Waals surface area (Å²) in [5.74, 6) is -0.0267. The van der Waals surface area contributed by atoms with Crippen LogP contribution in [0.15, 0.2) is 48.8 Å². The lowest BCUT2D eigenvalue weighted by atomic mass is 9.98. The second-order valence-corrected chi connectivity index (χ2v) is 8.43. The van der Waals surface area contributed by atoms with E-state index in [2.05, 4.69) is 27.4 Å². The van der Waals surface area contributed by atoms with Crippen LogP contribution in [-0.2, 0) is 11.8 Å². The molecule has 0 aliphatic carbocycles. The topological polar surface area (TPSA) is 59.4 Å². The van der Waals surface area contributed by atoms with E-state index in [1.807, 2.05) is 43.7 Å². The van der Waals surface area contributed by atoms with Crippen LogP contribution in [0.4, 0.5) is 0 Å². The number of hydrogen-bond acceptors (Lipinski definition) is 4. The Balaban J connectivity index is 1.36. The molecule has 0 spiro atoms. The van der Waals surface area contributed by atoms with Gasteiger partial charge in [0, 0.05) is 24.4 Å². The van der Waals surface area contributed by atoms with E-state index >= 15 is 0 Å². The van der Waals surface area contributed by atoms with E-state index in [1.54, 1.807) is 4.68 Å². The molecule has 2 aliphatic rings.